The molecule has 0 aromatic rings. The quantitative estimate of drug-likeness (QED) is 0.485. The van der Waals surface area contributed by atoms with Gasteiger partial charge in [-0.15, -0.1) is 0 Å². The van der Waals surface area contributed by atoms with Crippen molar-refractivity contribution in [1.29, 1.82) is 0 Å². The largest absolute Gasteiger partial charge is 1.00 e. The standard InChI is InChI=1S/C2H7N.Ag/c1-2-3;/h2-3H2,1H3;/q;+1. The Morgan fingerprint density at radius 1 is 1.75 bits per heavy atom. The van der Waals surface area contributed by atoms with Crippen LogP contribution < -0.4 is 5.73 Å². The molecule has 0 aliphatic carbocycles. The second-order valence-corrected chi connectivity index (χ2v) is 0.408. The second kappa shape index (κ2) is 9.33. The van der Waals surface area contributed by atoms with Crippen LogP contribution in [0.25, 0.3) is 0 Å². The molecule has 30 valence electrons. The maximum Gasteiger partial charge on any atom is 1.00 e. The number of nitrogens with two attached hydrogens (primary N) is 1. The summed E-state index contributed by atoms with van der Waals surface area (Å²) in [7, 11) is 0. The Bertz CT molecular complexity index is 6.00. The van der Waals surface area contributed by atoms with E-state index in [2.05, 4.69) is 0 Å². The smallest absolute Gasteiger partial charge is 0.331 e. The average Bonchev–Trinajstić information content (AvgIpc) is 0.918. The van der Waals surface area contributed by atoms with Gasteiger partial charge in [-0.25, -0.2) is 0 Å². The van der Waals surface area contributed by atoms with Gasteiger partial charge in [0.15, 0.2) is 0 Å². The minimum Gasteiger partial charge on any atom is -0.331 e. The summed E-state index contributed by atoms with van der Waals surface area (Å²) in [6, 6.07) is 0. The Kier molecular flexibility index (Phi) is 20.6. The summed E-state index contributed by atoms with van der Waals surface area (Å²) in [4.78, 5) is 0. The molecule has 4 heavy (non-hydrogen) atoms. The topological polar surface area (TPSA) is 26.0 Å². The number of hydrogen-bond donors (Lipinski definition) is 1. The van der Waals surface area contributed by atoms with E-state index in [1.807, 2.05) is 6.92 Å². The first-order valence-corrected chi connectivity index (χ1v) is 1.12. The van der Waals surface area contributed by atoms with Crippen LogP contribution in [0.1, 0.15) is 6.92 Å². The van der Waals surface area contributed by atoms with Crippen molar-refractivity contribution in [2.45, 2.75) is 6.92 Å². The molecule has 0 bridgehead atoms. The molecule has 0 rings (SSSR count). The summed E-state index contributed by atoms with van der Waals surface area (Å²) >= 11 is 0. The summed E-state index contributed by atoms with van der Waals surface area (Å²) < 4.78 is 0. The van der Waals surface area contributed by atoms with Gasteiger partial charge in [-0.05, 0) is 6.54 Å². The Labute approximate surface area is 42.1 Å². The average molecular weight is 153 g/mol. The Morgan fingerprint density at radius 2 is 1.75 bits per heavy atom. The van der Waals surface area contributed by atoms with Crippen molar-refractivity contribution >= 4 is 0 Å². The SMILES string of the molecule is CCN.[Ag+]. The molecule has 2 heteroatoms. The molecule has 0 atom stereocenters. The fraction of sp³-hybridized carbons (Fsp3) is 1.00. The zero-order chi connectivity index (χ0) is 2.71. The molecule has 0 saturated heterocycles. The van der Waals surface area contributed by atoms with Crippen LogP contribution in [0, 0.1) is 0 Å². The fourth-order valence-corrected chi connectivity index (χ4v) is 0. The summed E-state index contributed by atoms with van der Waals surface area (Å²) in [5.74, 6) is 0. The molecule has 0 amide bonds. The van der Waals surface area contributed by atoms with Gasteiger partial charge in [-0.2, -0.15) is 0 Å². The molecule has 0 saturated carbocycles. The van der Waals surface area contributed by atoms with Crippen molar-refractivity contribution in [1.82, 2.24) is 0 Å². The molecule has 0 aliphatic heterocycles. The van der Waals surface area contributed by atoms with E-state index in [1.165, 1.54) is 0 Å². The third-order valence-corrected chi connectivity index (χ3v) is 0. The molecule has 0 aromatic carbocycles. The molecule has 0 radical (unpaired) electrons. The predicted octanol–water partition coefficient (Wildman–Crippen LogP) is -0.0375. The maximum atomic E-state index is 4.85. The normalized spacial score (nSPS) is 4.50. The van der Waals surface area contributed by atoms with Gasteiger partial charge in [0.05, 0.1) is 0 Å². The molecule has 0 spiro atoms. The monoisotopic (exact) mass is 152 g/mol. The van der Waals surface area contributed by atoms with Crippen LogP contribution in [-0.4, -0.2) is 6.54 Å². The molecule has 2 N–H and O–H groups in total. The van der Waals surface area contributed by atoms with Crippen molar-refractivity contribution in [2.24, 2.45) is 5.73 Å². The first kappa shape index (κ1) is 8.83. The second-order valence-electron chi connectivity index (χ2n) is 0.408. The van der Waals surface area contributed by atoms with Crippen LogP contribution >= 0.6 is 0 Å². The van der Waals surface area contributed by atoms with Crippen LogP contribution in [0.5, 0.6) is 0 Å². The van der Waals surface area contributed by atoms with Crippen LogP contribution in [0.15, 0.2) is 0 Å². The molecule has 0 aliphatic rings. The summed E-state index contributed by atoms with van der Waals surface area (Å²) in [5.41, 5.74) is 4.85. The third kappa shape index (κ3) is 15.9. The summed E-state index contributed by atoms with van der Waals surface area (Å²) in [6.07, 6.45) is 0. The van der Waals surface area contributed by atoms with Crippen LogP contribution in [0.3, 0.4) is 0 Å². The minimum atomic E-state index is 0. The number of hydrogen-bond acceptors (Lipinski definition) is 1. The number of rotatable bonds is 0. The third-order valence-electron chi connectivity index (χ3n) is 0. The maximum absolute atomic E-state index is 4.85. The van der Waals surface area contributed by atoms with E-state index in [0.717, 1.165) is 6.54 Å². The zero-order valence-electron chi connectivity index (χ0n) is 2.59. The van der Waals surface area contributed by atoms with Gasteiger partial charge < -0.3 is 5.73 Å². The molecule has 0 heterocycles. The van der Waals surface area contributed by atoms with Crippen molar-refractivity contribution in [3.8, 4) is 0 Å². The molecule has 0 aromatic heterocycles. The van der Waals surface area contributed by atoms with E-state index in [9.17, 15) is 0 Å². The molecule has 0 fully saturated rings. The molecule has 1 nitrogen and oxygen atoms in total. The van der Waals surface area contributed by atoms with E-state index in [1.54, 1.807) is 0 Å². The Morgan fingerprint density at radius 3 is 1.75 bits per heavy atom. The minimum absolute atomic E-state index is 0. The summed E-state index contributed by atoms with van der Waals surface area (Å²) in [6.45, 7) is 2.65. The van der Waals surface area contributed by atoms with Gasteiger partial charge in [0.25, 0.3) is 0 Å². The molecular weight excluding hydrogens is 146 g/mol. The van der Waals surface area contributed by atoms with Crippen LogP contribution in [0.2, 0.25) is 0 Å². The first-order valence-electron chi connectivity index (χ1n) is 1.12. The van der Waals surface area contributed by atoms with E-state index in [-0.39, 0.29) is 22.4 Å². The van der Waals surface area contributed by atoms with Crippen LogP contribution in [0.4, 0.5) is 0 Å². The summed E-state index contributed by atoms with van der Waals surface area (Å²) in [5, 5.41) is 0. The van der Waals surface area contributed by atoms with Gasteiger partial charge in [0.1, 0.15) is 0 Å². The Balaban J connectivity index is 0. The first-order chi connectivity index (χ1) is 1.41. The van der Waals surface area contributed by atoms with E-state index in [0.29, 0.717) is 0 Å². The van der Waals surface area contributed by atoms with Gasteiger partial charge in [-0.1, -0.05) is 6.92 Å². The van der Waals surface area contributed by atoms with Gasteiger partial charge in [0, 0.05) is 0 Å². The van der Waals surface area contributed by atoms with Crippen LogP contribution in [-0.2, 0) is 22.4 Å². The predicted molar refractivity (Wildman–Crippen MR) is 14.7 cm³/mol. The Hall–Kier alpha value is 0.700. The van der Waals surface area contributed by atoms with E-state index < -0.39 is 0 Å². The van der Waals surface area contributed by atoms with Crippen molar-refractivity contribution in [2.75, 3.05) is 6.54 Å². The van der Waals surface area contributed by atoms with Gasteiger partial charge in [0.2, 0.25) is 0 Å². The van der Waals surface area contributed by atoms with E-state index >= 15 is 0 Å². The fourth-order valence-electron chi connectivity index (χ4n) is 0. The van der Waals surface area contributed by atoms with Gasteiger partial charge in [-0.3, -0.25) is 0 Å². The molecular formula is C2H7AgN+. The van der Waals surface area contributed by atoms with Crippen molar-refractivity contribution in [3.63, 3.8) is 0 Å². The van der Waals surface area contributed by atoms with Crippen molar-refractivity contribution in [3.05, 3.63) is 0 Å². The molecule has 0 unspecified atom stereocenters. The van der Waals surface area contributed by atoms with Crippen molar-refractivity contribution < 1.29 is 22.4 Å². The zero-order valence-corrected chi connectivity index (χ0v) is 4.07. The van der Waals surface area contributed by atoms with Gasteiger partial charge >= 0.3 is 22.4 Å². The van der Waals surface area contributed by atoms with E-state index in [4.69, 9.17) is 5.73 Å².